The Balaban J connectivity index is 5.23. The molecular formula is C38H70N6O12. The minimum Gasteiger partial charge on any atom is -0.480 e. The fraction of sp³-hybridized carbons (Fsp3) is 0.816. The molecule has 18 heteroatoms. The van der Waals surface area contributed by atoms with Crippen LogP contribution >= 0.6 is 0 Å². The Bertz CT molecular complexity index is 1280. The van der Waals surface area contributed by atoms with Gasteiger partial charge in [-0.15, -0.1) is 0 Å². The highest BCUT2D eigenvalue weighted by atomic mass is 16.6. The number of hydrogen-bond acceptors (Lipinski definition) is 11. The molecule has 0 aliphatic carbocycles. The third-order valence-corrected chi connectivity index (χ3v) is 7.02. The van der Waals surface area contributed by atoms with Crippen molar-refractivity contribution in [3.8, 4) is 0 Å². The maximum Gasteiger partial charge on any atom is 0.408 e. The summed E-state index contributed by atoms with van der Waals surface area (Å²) in [5.74, 6) is -2.45. The lowest BCUT2D eigenvalue weighted by molar-refractivity contribution is -0.142. The van der Waals surface area contributed by atoms with Gasteiger partial charge in [-0.25, -0.2) is 24.0 Å². The van der Waals surface area contributed by atoms with Crippen LogP contribution in [0.5, 0.6) is 0 Å². The van der Waals surface area contributed by atoms with Crippen LogP contribution in [0, 0.1) is 0 Å². The summed E-state index contributed by atoms with van der Waals surface area (Å²) in [4.78, 5) is 87.3. The number of amides is 6. The number of carbonyl (C=O) groups is 7. The molecule has 6 amide bonds. The normalized spacial score (nSPS) is 13.5. The van der Waals surface area contributed by atoms with Crippen molar-refractivity contribution in [3.05, 3.63) is 0 Å². The van der Waals surface area contributed by atoms with Gasteiger partial charge in [-0.05, 0) is 141 Å². The molecule has 324 valence electrons. The molecule has 0 saturated heterocycles. The van der Waals surface area contributed by atoms with Crippen molar-refractivity contribution in [2.75, 3.05) is 19.6 Å². The average molecular weight is 803 g/mol. The van der Waals surface area contributed by atoms with Crippen LogP contribution in [-0.4, -0.2) is 107 Å². The molecule has 0 aromatic carbocycles. The zero-order valence-corrected chi connectivity index (χ0v) is 35.7. The summed E-state index contributed by atoms with van der Waals surface area (Å²) in [7, 11) is 0. The maximum absolute atomic E-state index is 13.3. The molecule has 7 N–H and O–H groups in total. The highest BCUT2D eigenvalue weighted by Gasteiger charge is 2.29. The number of aliphatic carboxylic acids is 1. The van der Waals surface area contributed by atoms with E-state index in [1.54, 1.807) is 83.1 Å². The second kappa shape index (κ2) is 24.2. The Hall–Kier alpha value is -4.51. The molecule has 0 fully saturated rings. The highest BCUT2D eigenvalue weighted by molar-refractivity contribution is 5.89. The number of carboxylic acids is 1. The Morgan fingerprint density at radius 1 is 0.411 bits per heavy atom. The Kier molecular flexibility index (Phi) is 22.2. The fourth-order valence-corrected chi connectivity index (χ4v) is 4.73. The van der Waals surface area contributed by atoms with Gasteiger partial charge in [0.05, 0.1) is 0 Å². The van der Waals surface area contributed by atoms with Crippen LogP contribution in [0.3, 0.4) is 0 Å². The van der Waals surface area contributed by atoms with E-state index >= 15 is 0 Å². The lowest BCUT2D eigenvalue weighted by Gasteiger charge is -2.24. The molecule has 0 saturated carbocycles. The van der Waals surface area contributed by atoms with Crippen LogP contribution < -0.4 is 31.9 Å². The number of alkyl carbamates (subject to hydrolysis) is 4. The Morgan fingerprint density at radius 3 is 1.05 bits per heavy atom. The van der Waals surface area contributed by atoms with E-state index in [9.17, 15) is 38.7 Å². The van der Waals surface area contributed by atoms with Crippen molar-refractivity contribution in [3.63, 3.8) is 0 Å². The first-order chi connectivity index (χ1) is 25.6. The molecule has 0 bridgehead atoms. The van der Waals surface area contributed by atoms with E-state index in [2.05, 4.69) is 31.9 Å². The summed E-state index contributed by atoms with van der Waals surface area (Å²) in [6.07, 6.45) is 0.185. The van der Waals surface area contributed by atoms with Crippen LogP contribution in [0.4, 0.5) is 19.2 Å². The molecule has 0 aliphatic rings. The minimum atomic E-state index is -1.29. The largest absolute Gasteiger partial charge is 0.480 e. The average Bonchev–Trinajstić information content (AvgIpc) is 2.98. The quantitative estimate of drug-likeness (QED) is 0.0597. The van der Waals surface area contributed by atoms with Gasteiger partial charge in [-0.1, -0.05) is 0 Å². The predicted molar refractivity (Wildman–Crippen MR) is 209 cm³/mol. The Morgan fingerprint density at radius 2 is 0.714 bits per heavy atom. The summed E-state index contributed by atoms with van der Waals surface area (Å²) in [5, 5.41) is 25.5. The van der Waals surface area contributed by atoms with Gasteiger partial charge in [0, 0.05) is 19.6 Å². The second-order valence-corrected chi connectivity index (χ2v) is 17.4. The molecule has 0 rings (SSSR count). The molecule has 18 nitrogen and oxygen atoms in total. The number of carboxylic acid groups (broad SMARTS) is 1. The summed E-state index contributed by atoms with van der Waals surface area (Å²) in [5.41, 5.74) is -2.92. The summed E-state index contributed by atoms with van der Waals surface area (Å²) in [6.45, 7) is 21.3. The second-order valence-electron chi connectivity index (χ2n) is 17.4. The van der Waals surface area contributed by atoms with Crippen molar-refractivity contribution in [1.29, 1.82) is 0 Å². The number of rotatable bonds is 21. The van der Waals surface area contributed by atoms with Gasteiger partial charge in [-0.2, -0.15) is 0 Å². The van der Waals surface area contributed by atoms with Crippen molar-refractivity contribution < 1.29 is 57.6 Å². The van der Waals surface area contributed by atoms with Crippen LogP contribution in [0.25, 0.3) is 0 Å². The van der Waals surface area contributed by atoms with Gasteiger partial charge < -0.3 is 56.0 Å². The van der Waals surface area contributed by atoms with E-state index < -0.39 is 82.7 Å². The minimum absolute atomic E-state index is 0.0279. The first-order valence-electron chi connectivity index (χ1n) is 19.3. The van der Waals surface area contributed by atoms with E-state index in [1.807, 2.05) is 0 Å². The molecule has 0 aromatic rings. The third kappa shape index (κ3) is 28.9. The SMILES string of the molecule is CC(C)(C)OC(=O)NCCCC[C@H](NC(=O)OC(C)(C)C)C(=O)NCCCC[C@H](NC(=O)[C@H](CCCCNC(=O)OC(C)(C)C)NC(=O)OC(C)(C)C)C(=O)O. The van der Waals surface area contributed by atoms with Crippen molar-refractivity contribution >= 4 is 42.2 Å². The number of hydrogen-bond donors (Lipinski definition) is 7. The van der Waals surface area contributed by atoms with E-state index in [0.717, 1.165) is 0 Å². The molecule has 0 aliphatic heterocycles. The van der Waals surface area contributed by atoms with E-state index in [4.69, 9.17) is 18.9 Å². The zero-order chi connectivity index (χ0) is 43.3. The van der Waals surface area contributed by atoms with Crippen LogP contribution in [-0.2, 0) is 33.3 Å². The zero-order valence-electron chi connectivity index (χ0n) is 35.7. The summed E-state index contributed by atoms with van der Waals surface area (Å²) < 4.78 is 21.0. The standard InChI is InChI=1S/C38H70N6O12/c1-35(2,3)53-31(49)40-23-17-13-19-25(43-33(51)55-37(7,8)9)28(45)39-22-16-15-21-27(30(47)48)42-29(46)26(44-34(52)56-38(10,11)12)20-14-18-24-41-32(50)54-36(4,5)6/h25-27H,13-24H2,1-12H3,(H,39,45)(H,40,49)(H,41,50)(H,42,46)(H,43,51)(H,44,52)(H,47,48)/t25-,26-,27-/m0/s1. The molecule has 56 heavy (non-hydrogen) atoms. The number of ether oxygens (including phenoxy) is 4. The van der Waals surface area contributed by atoms with E-state index in [-0.39, 0.29) is 32.4 Å². The van der Waals surface area contributed by atoms with Gasteiger partial charge in [0.15, 0.2) is 0 Å². The van der Waals surface area contributed by atoms with E-state index in [0.29, 0.717) is 45.1 Å². The van der Waals surface area contributed by atoms with E-state index in [1.165, 1.54) is 0 Å². The number of nitrogens with one attached hydrogen (secondary N) is 6. The number of unbranched alkanes of at least 4 members (excludes halogenated alkanes) is 3. The summed E-state index contributed by atoms with van der Waals surface area (Å²) in [6, 6.07) is -3.33. The van der Waals surface area contributed by atoms with Gasteiger partial charge in [0.25, 0.3) is 0 Å². The third-order valence-electron chi connectivity index (χ3n) is 7.02. The smallest absolute Gasteiger partial charge is 0.408 e. The predicted octanol–water partition coefficient (Wildman–Crippen LogP) is 5.02. The van der Waals surface area contributed by atoms with Crippen LogP contribution in [0.1, 0.15) is 141 Å². The van der Waals surface area contributed by atoms with Gasteiger partial charge in [0.2, 0.25) is 11.8 Å². The van der Waals surface area contributed by atoms with Gasteiger partial charge in [-0.3, -0.25) is 9.59 Å². The fourth-order valence-electron chi connectivity index (χ4n) is 4.73. The molecular weight excluding hydrogens is 732 g/mol. The lowest BCUT2D eigenvalue weighted by Crippen LogP contribution is -2.52. The van der Waals surface area contributed by atoms with Gasteiger partial charge >= 0.3 is 30.3 Å². The van der Waals surface area contributed by atoms with Crippen LogP contribution in [0.2, 0.25) is 0 Å². The summed E-state index contributed by atoms with van der Waals surface area (Å²) >= 11 is 0. The van der Waals surface area contributed by atoms with Crippen molar-refractivity contribution in [1.82, 2.24) is 31.9 Å². The molecule has 0 radical (unpaired) electrons. The molecule has 0 heterocycles. The maximum atomic E-state index is 13.3. The molecule has 0 unspecified atom stereocenters. The number of carbonyl (C=O) groups excluding carboxylic acids is 6. The Labute approximate surface area is 332 Å². The van der Waals surface area contributed by atoms with Crippen molar-refractivity contribution in [2.24, 2.45) is 0 Å². The van der Waals surface area contributed by atoms with Crippen molar-refractivity contribution in [2.45, 2.75) is 181 Å². The monoisotopic (exact) mass is 803 g/mol. The lowest BCUT2D eigenvalue weighted by atomic mass is 10.1. The first kappa shape index (κ1) is 51.5. The van der Waals surface area contributed by atoms with Crippen LogP contribution in [0.15, 0.2) is 0 Å². The molecule has 3 atom stereocenters. The highest BCUT2D eigenvalue weighted by Crippen LogP contribution is 2.12. The molecule has 0 spiro atoms. The topological polar surface area (TPSA) is 249 Å². The molecule has 0 aromatic heterocycles. The van der Waals surface area contributed by atoms with Gasteiger partial charge in [0.1, 0.15) is 40.5 Å². The first-order valence-corrected chi connectivity index (χ1v) is 19.3.